The molecule has 0 fully saturated rings. The maximum Gasteiger partial charge on any atom is 0.338 e. The van der Waals surface area contributed by atoms with E-state index in [1.807, 2.05) is 87.5 Å². The predicted octanol–water partition coefficient (Wildman–Crippen LogP) is 7.35. The molecule has 1 aromatic heterocycles. The molecule has 1 aliphatic rings. The van der Waals surface area contributed by atoms with Gasteiger partial charge in [-0.3, -0.25) is 4.72 Å². The Labute approximate surface area is 264 Å². The number of esters is 1. The van der Waals surface area contributed by atoms with Crippen molar-refractivity contribution in [2.75, 3.05) is 4.72 Å². The molecule has 3 atom stereocenters. The number of rotatable bonds is 10. The van der Waals surface area contributed by atoms with Gasteiger partial charge in [-0.05, 0) is 47.4 Å². The molecule has 0 amide bonds. The third kappa shape index (κ3) is 6.33. The van der Waals surface area contributed by atoms with E-state index in [0.29, 0.717) is 12.0 Å². The molecule has 0 spiro atoms. The molecular formula is C36H35N3O5S. The first kappa shape index (κ1) is 31.5. The van der Waals surface area contributed by atoms with Gasteiger partial charge in [0.05, 0.1) is 11.1 Å². The van der Waals surface area contributed by atoms with Crippen LogP contribution in [-0.4, -0.2) is 30.1 Å². The lowest BCUT2D eigenvalue weighted by molar-refractivity contribution is -0.165. The summed E-state index contributed by atoms with van der Waals surface area (Å²) in [6.07, 6.45) is 1.77. The number of nitriles is 1. The van der Waals surface area contributed by atoms with Gasteiger partial charge in [0.15, 0.2) is 5.03 Å². The minimum atomic E-state index is -4.04. The lowest BCUT2D eigenvalue weighted by Crippen LogP contribution is -2.48. The number of hydrogen-bond donors (Lipinski definition) is 2. The van der Waals surface area contributed by atoms with Crippen molar-refractivity contribution in [3.8, 4) is 6.07 Å². The van der Waals surface area contributed by atoms with Crippen LogP contribution in [0.25, 0.3) is 0 Å². The number of nitrogens with zero attached hydrogens (tertiary/aromatic N) is 2. The molecule has 9 heteroatoms. The van der Waals surface area contributed by atoms with Crippen molar-refractivity contribution in [3.05, 3.63) is 137 Å². The Kier molecular flexibility index (Phi) is 9.07. The smallest absolute Gasteiger partial charge is 0.338 e. The molecule has 1 aliphatic heterocycles. The maximum absolute atomic E-state index is 14.0. The van der Waals surface area contributed by atoms with E-state index in [0.717, 1.165) is 11.1 Å². The molecule has 0 aliphatic carbocycles. The van der Waals surface area contributed by atoms with Crippen LogP contribution in [0.5, 0.6) is 0 Å². The van der Waals surface area contributed by atoms with Crippen molar-refractivity contribution < 1.29 is 23.1 Å². The molecule has 3 aromatic carbocycles. The van der Waals surface area contributed by atoms with Crippen LogP contribution in [0, 0.1) is 11.3 Å². The van der Waals surface area contributed by atoms with Gasteiger partial charge in [0, 0.05) is 36.1 Å². The van der Waals surface area contributed by atoms with E-state index in [-0.39, 0.29) is 45.9 Å². The topological polar surface area (TPSA) is 129 Å². The maximum atomic E-state index is 14.0. The summed E-state index contributed by atoms with van der Waals surface area (Å²) in [5, 5.41) is 20.5. The number of anilines is 1. The van der Waals surface area contributed by atoms with Gasteiger partial charge >= 0.3 is 5.97 Å². The highest BCUT2D eigenvalue weighted by Crippen LogP contribution is 2.50. The van der Waals surface area contributed by atoms with E-state index < -0.39 is 27.5 Å². The Bertz CT molecular complexity index is 1800. The number of benzene rings is 3. The Morgan fingerprint density at radius 1 is 0.933 bits per heavy atom. The van der Waals surface area contributed by atoms with E-state index in [4.69, 9.17) is 10.00 Å². The zero-order valence-corrected chi connectivity index (χ0v) is 26.2. The summed E-state index contributed by atoms with van der Waals surface area (Å²) in [5.74, 6) is -1.65. The monoisotopic (exact) mass is 621 g/mol. The number of aliphatic hydroxyl groups excluding tert-OH is 1. The lowest BCUT2D eigenvalue weighted by atomic mass is 9.68. The molecule has 4 aromatic rings. The van der Waals surface area contributed by atoms with Gasteiger partial charge in [0.1, 0.15) is 17.4 Å². The minimum absolute atomic E-state index is 0.0311. The number of sulfonamides is 1. The molecule has 230 valence electrons. The number of cyclic esters (lactones) is 1. The van der Waals surface area contributed by atoms with Crippen LogP contribution in [0.1, 0.15) is 73.6 Å². The van der Waals surface area contributed by atoms with Crippen molar-refractivity contribution in [2.24, 2.45) is 0 Å². The summed E-state index contributed by atoms with van der Waals surface area (Å²) in [5.41, 5.74) is 2.25. The standard InChI is InChI=1S/C36H35N3O5S/c1-4-31(29-16-11-17-30(20-29)39-45(42,43)33-19-18-26(22-37)23-38-33)34-32(40)21-36(44-35(34)41,24(2)27-12-7-5-8-13-27)25(3)28-14-9-6-10-15-28/h5-20,23-25,31,39-40H,4,21H2,1-3H3. The highest BCUT2D eigenvalue weighted by Gasteiger charge is 2.51. The van der Waals surface area contributed by atoms with Crippen molar-refractivity contribution in [1.29, 1.82) is 5.26 Å². The molecule has 45 heavy (non-hydrogen) atoms. The van der Waals surface area contributed by atoms with Crippen molar-refractivity contribution >= 4 is 21.7 Å². The van der Waals surface area contributed by atoms with Crippen LogP contribution in [0.15, 0.2) is 120 Å². The van der Waals surface area contributed by atoms with E-state index >= 15 is 0 Å². The number of nitrogens with one attached hydrogen (secondary N) is 1. The first-order valence-corrected chi connectivity index (χ1v) is 16.3. The average molecular weight is 622 g/mol. The molecule has 0 saturated heterocycles. The van der Waals surface area contributed by atoms with Crippen LogP contribution in [0.4, 0.5) is 5.69 Å². The summed E-state index contributed by atoms with van der Waals surface area (Å²) < 4.78 is 35.0. The first-order chi connectivity index (χ1) is 21.6. The predicted molar refractivity (Wildman–Crippen MR) is 172 cm³/mol. The Balaban J connectivity index is 1.50. The molecule has 0 saturated carbocycles. The van der Waals surface area contributed by atoms with Crippen LogP contribution in [0.2, 0.25) is 0 Å². The number of carbonyl (C=O) groups excluding carboxylic acids is 1. The molecule has 2 N–H and O–H groups in total. The fraction of sp³-hybridized carbons (Fsp3) is 0.250. The number of hydrogen-bond acceptors (Lipinski definition) is 7. The zero-order valence-electron chi connectivity index (χ0n) is 25.3. The van der Waals surface area contributed by atoms with Crippen molar-refractivity contribution in [1.82, 2.24) is 4.98 Å². The summed E-state index contributed by atoms with van der Waals surface area (Å²) in [7, 11) is -4.04. The molecule has 0 radical (unpaired) electrons. The van der Waals surface area contributed by atoms with Crippen molar-refractivity contribution in [3.63, 3.8) is 0 Å². The third-order valence-corrected chi connectivity index (χ3v) is 10.1. The van der Waals surface area contributed by atoms with E-state index in [1.165, 1.54) is 18.3 Å². The molecular weight excluding hydrogens is 586 g/mol. The SMILES string of the molecule is CCC(C1=C(O)CC(C(C)c2ccccc2)(C(C)c2ccccc2)OC1=O)c1cccc(NS(=O)(=O)c2ccc(C#N)cn2)c1. The second kappa shape index (κ2) is 13.0. The highest BCUT2D eigenvalue weighted by atomic mass is 32.2. The Morgan fingerprint density at radius 2 is 1.53 bits per heavy atom. The lowest BCUT2D eigenvalue weighted by Gasteiger charge is -2.46. The summed E-state index contributed by atoms with van der Waals surface area (Å²) in [6.45, 7) is 5.95. The number of pyridine rings is 1. The van der Waals surface area contributed by atoms with Crippen LogP contribution in [-0.2, 0) is 19.6 Å². The number of aromatic nitrogens is 1. The Morgan fingerprint density at radius 3 is 2.04 bits per heavy atom. The van der Waals surface area contributed by atoms with Gasteiger partial charge in [-0.15, -0.1) is 0 Å². The van der Waals surface area contributed by atoms with Gasteiger partial charge in [-0.2, -0.15) is 13.7 Å². The quantitative estimate of drug-likeness (QED) is 0.177. The molecule has 8 nitrogen and oxygen atoms in total. The van der Waals surface area contributed by atoms with Crippen molar-refractivity contribution in [2.45, 2.75) is 62.0 Å². The largest absolute Gasteiger partial charge is 0.512 e. The van der Waals surface area contributed by atoms with Crippen LogP contribution < -0.4 is 4.72 Å². The molecule has 5 rings (SSSR count). The zero-order chi connectivity index (χ0) is 32.2. The second-order valence-corrected chi connectivity index (χ2v) is 13.0. The Hall–Kier alpha value is -4.94. The van der Waals surface area contributed by atoms with E-state index in [1.54, 1.807) is 24.3 Å². The van der Waals surface area contributed by atoms with Crippen LogP contribution >= 0.6 is 0 Å². The number of aliphatic hydroxyl groups is 1. The van der Waals surface area contributed by atoms with E-state index in [2.05, 4.69) is 9.71 Å². The van der Waals surface area contributed by atoms with Gasteiger partial charge < -0.3 is 9.84 Å². The molecule has 2 heterocycles. The van der Waals surface area contributed by atoms with Gasteiger partial charge in [0.2, 0.25) is 0 Å². The number of ether oxygens (including phenoxy) is 1. The third-order valence-electron chi connectivity index (χ3n) is 8.76. The fourth-order valence-electron chi connectivity index (χ4n) is 6.23. The normalized spacial score (nSPS) is 18.8. The second-order valence-electron chi connectivity index (χ2n) is 11.3. The van der Waals surface area contributed by atoms with Crippen LogP contribution in [0.3, 0.4) is 0 Å². The average Bonchev–Trinajstić information content (AvgIpc) is 3.06. The number of carbonyl (C=O) groups is 1. The fourth-order valence-corrected chi connectivity index (χ4v) is 7.21. The first-order valence-electron chi connectivity index (χ1n) is 14.8. The summed E-state index contributed by atoms with van der Waals surface area (Å²) in [6, 6.07) is 31.0. The van der Waals surface area contributed by atoms with Gasteiger partial charge in [-0.1, -0.05) is 93.6 Å². The van der Waals surface area contributed by atoms with Gasteiger partial charge in [0.25, 0.3) is 10.0 Å². The highest BCUT2D eigenvalue weighted by molar-refractivity contribution is 7.92. The summed E-state index contributed by atoms with van der Waals surface area (Å²) in [4.78, 5) is 17.9. The van der Waals surface area contributed by atoms with Gasteiger partial charge in [-0.25, -0.2) is 9.78 Å². The molecule has 0 bridgehead atoms. The summed E-state index contributed by atoms with van der Waals surface area (Å²) >= 11 is 0. The minimum Gasteiger partial charge on any atom is -0.512 e. The van der Waals surface area contributed by atoms with E-state index in [9.17, 15) is 18.3 Å². The molecule has 3 unspecified atom stereocenters.